The predicted octanol–water partition coefficient (Wildman–Crippen LogP) is 4.39. The molecule has 0 heterocycles. The van der Waals surface area contributed by atoms with E-state index in [2.05, 4.69) is 76.4 Å². The van der Waals surface area contributed by atoms with Gasteiger partial charge < -0.3 is 5.32 Å². The zero-order valence-electron chi connectivity index (χ0n) is 12.0. The second-order valence-electron chi connectivity index (χ2n) is 5.57. The average Bonchev–Trinajstić information content (AvgIpc) is 2.47. The monoisotopic (exact) mass is 391 g/mol. The van der Waals surface area contributed by atoms with E-state index in [0.29, 0.717) is 5.92 Å². The van der Waals surface area contributed by atoms with Crippen LogP contribution in [0.1, 0.15) is 48.4 Å². The summed E-state index contributed by atoms with van der Waals surface area (Å²) in [5.41, 5.74) is 3.99. The van der Waals surface area contributed by atoms with E-state index >= 15 is 0 Å². The quantitative estimate of drug-likeness (QED) is 0.756. The summed E-state index contributed by atoms with van der Waals surface area (Å²) in [6.45, 7) is 1.59. The molecule has 2 aromatic carbocycles. The summed E-state index contributed by atoms with van der Waals surface area (Å²) < 4.78 is 1.27. The van der Waals surface area contributed by atoms with Crippen molar-refractivity contribution in [2.24, 2.45) is 0 Å². The maximum absolute atomic E-state index is 11.4. The molecule has 108 valence electrons. The van der Waals surface area contributed by atoms with Crippen LogP contribution in [-0.2, 0) is 4.79 Å². The van der Waals surface area contributed by atoms with Gasteiger partial charge in [0.15, 0.2) is 0 Å². The molecule has 21 heavy (non-hydrogen) atoms. The van der Waals surface area contributed by atoms with Crippen molar-refractivity contribution in [1.82, 2.24) is 5.32 Å². The highest BCUT2D eigenvalue weighted by atomic mass is 127. The van der Waals surface area contributed by atoms with Crippen molar-refractivity contribution in [3.8, 4) is 0 Å². The zero-order chi connectivity index (χ0) is 14.8. The third kappa shape index (κ3) is 3.12. The minimum absolute atomic E-state index is 0.0440. The molecular formula is C18H18INO. The Bertz CT molecular complexity index is 668. The Kier molecular flexibility index (Phi) is 4.29. The molecule has 1 N–H and O–H groups in total. The molecule has 0 fully saturated rings. The smallest absolute Gasteiger partial charge is 0.217 e. The number of hydrogen-bond acceptors (Lipinski definition) is 1. The highest BCUT2D eigenvalue weighted by molar-refractivity contribution is 14.1. The Morgan fingerprint density at radius 2 is 1.86 bits per heavy atom. The highest BCUT2D eigenvalue weighted by Gasteiger charge is 2.28. The molecule has 1 amide bonds. The summed E-state index contributed by atoms with van der Waals surface area (Å²) in [5, 5.41) is 3.08. The van der Waals surface area contributed by atoms with Crippen molar-refractivity contribution in [3.05, 3.63) is 68.8 Å². The minimum Gasteiger partial charge on any atom is -0.350 e. The number of carbonyl (C=O) groups excluding carboxylic acids is 1. The first kappa shape index (κ1) is 14.6. The van der Waals surface area contributed by atoms with Crippen LogP contribution in [0.5, 0.6) is 0 Å². The number of rotatable bonds is 2. The Balaban J connectivity index is 2.00. The fraction of sp³-hybridized carbons (Fsp3) is 0.278. The first-order chi connectivity index (χ1) is 10.1. The van der Waals surface area contributed by atoms with E-state index in [9.17, 15) is 4.79 Å². The van der Waals surface area contributed by atoms with Crippen LogP contribution in [0.2, 0.25) is 0 Å². The van der Waals surface area contributed by atoms with E-state index in [4.69, 9.17) is 0 Å². The van der Waals surface area contributed by atoms with Gasteiger partial charge in [-0.3, -0.25) is 4.79 Å². The topological polar surface area (TPSA) is 29.1 Å². The van der Waals surface area contributed by atoms with Gasteiger partial charge in [-0.25, -0.2) is 0 Å². The van der Waals surface area contributed by atoms with Crippen LogP contribution in [0.4, 0.5) is 0 Å². The predicted molar refractivity (Wildman–Crippen MR) is 93.2 cm³/mol. The third-order valence-corrected chi connectivity index (χ3v) is 4.79. The summed E-state index contributed by atoms with van der Waals surface area (Å²) in [5.74, 6) is 0.475. The van der Waals surface area contributed by atoms with E-state index in [-0.39, 0.29) is 11.9 Å². The number of fused-ring (bicyclic) bond motifs is 1. The van der Waals surface area contributed by atoms with Crippen LogP contribution in [0.15, 0.2) is 48.5 Å². The van der Waals surface area contributed by atoms with Gasteiger partial charge in [0.1, 0.15) is 0 Å². The van der Waals surface area contributed by atoms with Crippen molar-refractivity contribution in [2.45, 2.75) is 31.7 Å². The van der Waals surface area contributed by atoms with Crippen LogP contribution in [-0.4, -0.2) is 5.91 Å². The molecule has 0 spiro atoms. The minimum atomic E-state index is 0.0440. The highest BCUT2D eigenvalue weighted by Crippen LogP contribution is 2.41. The number of amides is 1. The van der Waals surface area contributed by atoms with E-state index in [1.54, 1.807) is 6.92 Å². The van der Waals surface area contributed by atoms with Crippen LogP contribution in [0.3, 0.4) is 0 Å². The fourth-order valence-electron chi connectivity index (χ4n) is 3.25. The Morgan fingerprint density at radius 1 is 1.10 bits per heavy atom. The maximum Gasteiger partial charge on any atom is 0.217 e. The molecule has 0 saturated heterocycles. The average molecular weight is 391 g/mol. The molecule has 0 aliphatic heterocycles. The van der Waals surface area contributed by atoms with E-state index in [1.807, 2.05) is 0 Å². The maximum atomic E-state index is 11.4. The number of nitrogens with one attached hydrogen (secondary N) is 1. The number of halogens is 1. The first-order valence-electron chi connectivity index (χ1n) is 7.26. The fourth-order valence-corrected chi connectivity index (χ4v) is 3.82. The second kappa shape index (κ2) is 6.18. The van der Waals surface area contributed by atoms with Gasteiger partial charge in [0.25, 0.3) is 0 Å². The lowest BCUT2D eigenvalue weighted by Crippen LogP contribution is -2.30. The largest absolute Gasteiger partial charge is 0.350 e. The van der Waals surface area contributed by atoms with Crippen molar-refractivity contribution < 1.29 is 4.79 Å². The summed E-state index contributed by atoms with van der Waals surface area (Å²) in [4.78, 5) is 11.4. The number of carbonyl (C=O) groups is 1. The molecule has 3 heteroatoms. The molecule has 1 aliphatic rings. The van der Waals surface area contributed by atoms with Gasteiger partial charge in [0.2, 0.25) is 5.91 Å². The molecule has 2 aromatic rings. The van der Waals surface area contributed by atoms with E-state index < -0.39 is 0 Å². The summed E-state index contributed by atoms with van der Waals surface area (Å²) in [6.07, 6.45) is 2.06. The molecule has 0 saturated carbocycles. The lowest BCUT2D eigenvalue weighted by Gasteiger charge is -2.32. The van der Waals surface area contributed by atoms with Gasteiger partial charge >= 0.3 is 0 Å². The van der Waals surface area contributed by atoms with Crippen molar-refractivity contribution >= 4 is 28.5 Å². The molecule has 0 aromatic heterocycles. The SMILES string of the molecule is CC(=O)N[C@@H]1CC[C@H](c2cccc(I)c2)c2ccccc21. The van der Waals surface area contributed by atoms with Gasteiger partial charge in [-0.2, -0.15) is 0 Å². The van der Waals surface area contributed by atoms with Gasteiger partial charge in [0.05, 0.1) is 6.04 Å². The first-order valence-corrected chi connectivity index (χ1v) is 8.34. The Labute approximate surface area is 139 Å². The van der Waals surface area contributed by atoms with Crippen molar-refractivity contribution in [1.29, 1.82) is 0 Å². The normalized spacial score (nSPS) is 20.7. The van der Waals surface area contributed by atoms with E-state index in [1.165, 1.54) is 20.3 Å². The number of hydrogen-bond donors (Lipinski definition) is 1. The van der Waals surface area contributed by atoms with Crippen LogP contribution >= 0.6 is 22.6 Å². The standard InChI is InChI=1S/C18H18INO/c1-12(21)20-18-10-9-15(13-5-4-6-14(19)11-13)16-7-2-3-8-17(16)18/h2-8,11,15,18H,9-10H2,1H3,(H,20,21)/t15-,18-/m1/s1. The van der Waals surface area contributed by atoms with Crippen molar-refractivity contribution in [2.75, 3.05) is 0 Å². The summed E-state index contributed by atoms with van der Waals surface area (Å²) >= 11 is 2.36. The van der Waals surface area contributed by atoms with E-state index in [0.717, 1.165) is 12.8 Å². The Hall–Kier alpha value is -1.36. The molecule has 0 bridgehead atoms. The van der Waals surface area contributed by atoms with Gasteiger partial charge in [-0.1, -0.05) is 36.4 Å². The zero-order valence-corrected chi connectivity index (χ0v) is 14.1. The second-order valence-corrected chi connectivity index (χ2v) is 6.81. The summed E-state index contributed by atoms with van der Waals surface area (Å²) in [6, 6.07) is 17.4. The van der Waals surface area contributed by atoms with Gasteiger partial charge in [0, 0.05) is 16.4 Å². The molecule has 1 aliphatic carbocycles. The van der Waals surface area contributed by atoms with Crippen LogP contribution < -0.4 is 5.32 Å². The lowest BCUT2D eigenvalue weighted by atomic mass is 9.77. The van der Waals surface area contributed by atoms with Gasteiger partial charge in [-0.15, -0.1) is 0 Å². The molecule has 2 atom stereocenters. The number of benzene rings is 2. The van der Waals surface area contributed by atoms with Crippen LogP contribution in [0, 0.1) is 3.57 Å². The van der Waals surface area contributed by atoms with Gasteiger partial charge in [-0.05, 0) is 64.3 Å². The molecule has 2 nitrogen and oxygen atoms in total. The molecule has 3 rings (SSSR count). The van der Waals surface area contributed by atoms with Crippen molar-refractivity contribution in [3.63, 3.8) is 0 Å². The lowest BCUT2D eigenvalue weighted by molar-refractivity contribution is -0.119. The molecule has 0 radical (unpaired) electrons. The third-order valence-electron chi connectivity index (χ3n) is 4.12. The summed E-state index contributed by atoms with van der Waals surface area (Å²) in [7, 11) is 0. The van der Waals surface area contributed by atoms with Crippen LogP contribution in [0.25, 0.3) is 0 Å². The Morgan fingerprint density at radius 3 is 2.57 bits per heavy atom. The molecular weight excluding hydrogens is 373 g/mol. The molecule has 0 unspecified atom stereocenters.